The molecular formula is C15H15N3O3. The number of amides is 1. The van der Waals surface area contributed by atoms with Gasteiger partial charge in [0.25, 0.3) is 0 Å². The number of carboxylic acids is 1. The number of carboxylic acid groups (broad SMARTS) is 1. The minimum atomic E-state index is -1.12. The summed E-state index contributed by atoms with van der Waals surface area (Å²) in [6.45, 7) is 3.63. The molecule has 1 heterocycles. The molecule has 0 spiro atoms. The summed E-state index contributed by atoms with van der Waals surface area (Å²) in [5.74, 6) is -1.27. The molecule has 0 saturated heterocycles. The van der Waals surface area contributed by atoms with E-state index in [2.05, 4.69) is 15.3 Å². The maximum atomic E-state index is 11.6. The molecule has 6 heteroatoms. The van der Waals surface area contributed by atoms with Crippen LogP contribution < -0.4 is 5.32 Å². The van der Waals surface area contributed by atoms with Crippen LogP contribution in [0.25, 0.3) is 11.3 Å². The lowest BCUT2D eigenvalue weighted by Crippen LogP contribution is -2.17. The number of carbonyl (C=O) groups is 2. The minimum Gasteiger partial charge on any atom is -0.476 e. The fourth-order valence-electron chi connectivity index (χ4n) is 1.62. The Kier molecular flexibility index (Phi) is 4.27. The summed E-state index contributed by atoms with van der Waals surface area (Å²) in [7, 11) is 0. The number of hydrogen-bond acceptors (Lipinski definition) is 4. The van der Waals surface area contributed by atoms with Gasteiger partial charge in [0.05, 0.1) is 18.1 Å². The normalized spacial score (nSPS) is 10.4. The Morgan fingerprint density at radius 1 is 1.14 bits per heavy atom. The lowest BCUT2D eigenvalue weighted by molar-refractivity contribution is -0.118. The maximum absolute atomic E-state index is 11.6. The molecule has 2 N–H and O–H groups in total. The first-order valence-electron chi connectivity index (χ1n) is 6.44. The van der Waals surface area contributed by atoms with Crippen LogP contribution in [-0.2, 0) is 4.79 Å². The van der Waals surface area contributed by atoms with Crippen molar-refractivity contribution in [3.8, 4) is 11.3 Å². The fraction of sp³-hybridized carbons (Fsp3) is 0.200. The van der Waals surface area contributed by atoms with E-state index in [0.29, 0.717) is 11.4 Å². The molecule has 2 rings (SSSR count). The number of benzene rings is 1. The molecule has 0 atom stereocenters. The van der Waals surface area contributed by atoms with Crippen molar-refractivity contribution in [3.63, 3.8) is 0 Å². The van der Waals surface area contributed by atoms with Gasteiger partial charge in [0, 0.05) is 17.2 Å². The summed E-state index contributed by atoms with van der Waals surface area (Å²) in [6.07, 6.45) is 2.69. The number of anilines is 1. The molecule has 0 bridgehead atoms. The quantitative estimate of drug-likeness (QED) is 0.900. The van der Waals surface area contributed by atoms with Gasteiger partial charge in [0.15, 0.2) is 5.69 Å². The SMILES string of the molecule is CC(C)C(=O)Nc1ccc(-c2cncc(C(=O)O)n2)cc1. The van der Waals surface area contributed by atoms with Crippen LogP contribution in [0.15, 0.2) is 36.7 Å². The maximum Gasteiger partial charge on any atom is 0.356 e. The predicted molar refractivity (Wildman–Crippen MR) is 77.9 cm³/mol. The van der Waals surface area contributed by atoms with E-state index in [1.54, 1.807) is 24.3 Å². The molecule has 0 fully saturated rings. The molecule has 1 amide bonds. The molecule has 0 aliphatic carbocycles. The first-order valence-corrected chi connectivity index (χ1v) is 6.44. The predicted octanol–water partition coefficient (Wildman–Crippen LogP) is 2.44. The summed E-state index contributed by atoms with van der Waals surface area (Å²) >= 11 is 0. The van der Waals surface area contributed by atoms with Crippen LogP contribution in [0.4, 0.5) is 5.69 Å². The van der Waals surface area contributed by atoms with Crippen LogP contribution >= 0.6 is 0 Å². The van der Waals surface area contributed by atoms with Crippen LogP contribution in [-0.4, -0.2) is 27.0 Å². The third kappa shape index (κ3) is 3.62. The van der Waals surface area contributed by atoms with Gasteiger partial charge >= 0.3 is 5.97 Å². The summed E-state index contributed by atoms with van der Waals surface area (Å²) < 4.78 is 0. The second kappa shape index (κ2) is 6.13. The average molecular weight is 285 g/mol. The third-order valence-electron chi connectivity index (χ3n) is 2.83. The van der Waals surface area contributed by atoms with Gasteiger partial charge in [-0.2, -0.15) is 0 Å². The van der Waals surface area contributed by atoms with Crippen LogP contribution in [0.3, 0.4) is 0 Å². The van der Waals surface area contributed by atoms with E-state index in [9.17, 15) is 9.59 Å². The van der Waals surface area contributed by atoms with E-state index in [-0.39, 0.29) is 17.5 Å². The van der Waals surface area contributed by atoms with Gasteiger partial charge in [0.2, 0.25) is 5.91 Å². The number of rotatable bonds is 4. The van der Waals surface area contributed by atoms with E-state index in [1.165, 1.54) is 12.4 Å². The van der Waals surface area contributed by atoms with E-state index >= 15 is 0 Å². The van der Waals surface area contributed by atoms with Gasteiger partial charge in [0.1, 0.15) is 0 Å². The summed E-state index contributed by atoms with van der Waals surface area (Å²) in [6, 6.07) is 6.99. The highest BCUT2D eigenvalue weighted by Gasteiger charge is 2.09. The molecular weight excluding hydrogens is 270 g/mol. The van der Waals surface area contributed by atoms with Crippen molar-refractivity contribution in [1.29, 1.82) is 0 Å². The zero-order chi connectivity index (χ0) is 15.4. The third-order valence-corrected chi connectivity index (χ3v) is 2.83. The second-order valence-electron chi connectivity index (χ2n) is 4.82. The average Bonchev–Trinajstić information content (AvgIpc) is 2.48. The molecule has 0 unspecified atom stereocenters. The molecule has 0 aliphatic heterocycles. The Labute approximate surface area is 121 Å². The summed E-state index contributed by atoms with van der Waals surface area (Å²) in [4.78, 5) is 30.3. The second-order valence-corrected chi connectivity index (χ2v) is 4.82. The Hall–Kier alpha value is -2.76. The molecule has 108 valence electrons. The van der Waals surface area contributed by atoms with Gasteiger partial charge in [-0.25, -0.2) is 9.78 Å². The highest BCUT2D eigenvalue weighted by atomic mass is 16.4. The Morgan fingerprint density at radius 2 is 1.81 bits per heavy atom. The van der Waals surface area contributed by atoms with Gasteiger partial charge < -0.3 is 10.4 Å². The fourth-order valence-corrected chi connectivity index (χ4v) is 1.62. The van der Waals surface area contributed by atoms with E-state index in [4.69, 9.17) is 5.11 Å². The molecule has 2 aromatic rings. The van der Waals surface area contributed by atoms with Crippen LogP contribution in [0.2, 0.25) is 0 Å². The largest absolute Gasteiger partial charge is 0.476 e. The molecule has 1 aromatic carbocycles. The van der Waals surface area contributed by atoms with Gasteiger partial charge in [-0.05, 0) is 12.1 Å². The standard InChI is InChI=1S/C15H15N3O3/c1-9(2)14(19)17-11-5-3-10(4-6-11)12-7-16-8-13(18-12)15(20)21/h3-9H,1-2H3,(H,17,19)(H,20,21). The number of aromatic carboxylic acids is 1. The first kappa shape index (κ1) is 14.6. The van der Waals surface area contributed by atoms with Crippen LogP contribution in [0.1, 0.15) is 24.3 Å². The monoisotopic (exact) mass is 285 g/mol. The highest BCUT2D eigenvalue weighted by Crippen LogP contribution is 2.19. The molecule has 0 radical (unpaired) electrons. The van der Waals surface area contributed by atoms with E-state index < -0.39 is 5.97 Å². The van der Waals surface area contributed by atoms with Gasteiger partial charge in [-0.1, -0.05) is 26.0 Å². The zero-order valence-corrected chi connectivity index (χ0v) is 11.7. The lowest BCUT2D eigenvalue weighted by Gasteiger charge is -2.08. The minimum absolute atomic E-state index is 0.0598. The number of nitrogens with zero attached hydrogens (tertiary/aromatic N) is 2. The number of hydrogen-bond donors (Lipinski definition) is 2. The number of carbonyl (C=O) groups excluding carboxylic acids is 1. The molecule has 1 aromatic heterocycles. The Morgan fingerprint density at radius 3 is 2.38 bits per heavy atom. The van der Waals surface area contributed by atoms with Crippen molar-refractivity contribution < 1.29 is 14.7 Å². The smallest absolute Gasteiger partial charge is 0.356 e. The first-order chi connectivity index (χ1) is 9.97. The van der Waals surface area contributed by atoms with Crippen molar-refractivity contribution in [1.82, 2.24) is 9.97 Å². The number of aromatic nitrogens is 2. The summed E-state index contributed by atoms with van der Waals surface area (Å²) in [5, 5.41) is 11.7. The van der Waals surface area contributed by atoms with Crippen molar-refractivity contribution in [2.24, 2.45) is 5.92 Å². The lowest BCUT2D eigenvalue weighted by atomic mass is 10.1. The molecule has 6 nitrogen and oxygen atoms in total. The zero-order valence-electron chi connectivity index (χ0n) is 11.7. The molecule has 0 aliphatic rings. The van der Waals surface area contributed by atoms with E-state index in [1.807, 2.05) is 13.8 Å². The summed E-state index contributed by atoms with van der Waals surface area (Å²) in [5.41, 5.74) is 1.77. The van der Waals surface area contributed by atoms with Gasteiger partial charge in [-0.15, -0.1) is 0 Å². The Bertz CT molecular complexity index is 666. The molecule has 21 heavy (non-hydrogen) atoms. The van der Waals surface area contributed by atoms with Gasteiger partial charge in [-0.3, -0.25) is 9.78 Å². The molecule has 0 saturated carbocycles. The van der Waals surface area contributed by atoms with E-state index in [0.717, 1.165) is 5.56 Å². The van der Waals surface area contributed by atoms with Crippen LogP contribution in [0, 0.1) is 5.92 Å². The highest BCUT2D eigenvalue weighted by molar-refractivity contribution is 5.92. The van der Waals surface area contributed by atoms with Crippen molar-refractivity contribution in [2.45, 2.75) is 13.8 Å². The Balaban J connectivity index is 2.21. The van der Waals surface area contributed by atoms with Crippen molar-refractivity contribution >= 4 is 17.6 Å². The number of nitrogens with one attached hydrogen (secondary N) is 1. The van der Waals surface area contributed by atoms with Crippen LogP contribution in [0.5, 0.6) is 0 Å². The van der Waals surface area contributed by atoms with Crippen molar-refractivity contribution in [2.75, 3.05) is 5.32 Å². The topological polar surface area (TPSA) is 92.2 Å². The van der Waals surface area contributed by atoms with Crippen molar-refractivity contribution in [3.05, 3.63) is 42.4 Å².